The van der Waals surface area contributed by atoms with Crippen molar-refractivity contribution >= 4 is 40.4 Å². The Morgan fingerprint density at radius 3 is 2.31 bits per heavy atom. The molecule has 1 aliphatic carbocycles. The summed E-state index contributed by atoms with van der Waals surface area (Å²) >= 11 is 1.37. The van der Waals surface area contributed by atoms with Crippen molar-refractivity contribution in [2.24, 2.45) is 5.41 Å². The summed E-state index contributed by atoms with van der Waals surface area (Å²) in [6.07, 6.45) is 3.92. The molecular formula is C33H25NO4S. The fourth-order valence-electron chi connectivity index (χ4n) is 6.85. The van der Waals surface area contributed by atoms with Gasteiger partial charge in [0.25, 0.3) is 0 Å². The van der Waals surface area contributed by atoms with Crippen LogP contribution in [0, 0.1) is 5.41 Å². The molecule has 0 unspecified atom stereocenters. The van der Waals surface area contributed by atoms with Crippen LogP contribution in [-0.2, 0) is 0 Å². The molecule has 3 atom stereocenters. The molecule has 7 rings (SSSR count). The van der Waals surface area contributed by atoms with Crippen LogP contribution >= 0.6 is 11.3 Å². The number of para-hydroxylation sites is 2. The number of benzene rings is 3. The van der Waals surface area contributed by atoms with Gasteiger partial charge in [-0.1, -0.05) is 78.9 Å². The van der Waals surface area contributed by atoms with E-state index >= 15 is 0 Å². The molecule has 3 aromatic carbocycles. The maximum absolute atomic E-state index is 14.7. The lowest BCUT2D eigenvalue weighted by Gasteiger charge is -2.37. The van der Waals surface area contributed by atoms with Gasteiger partial charge in [-0.2, -0.15) is 0 Å². The van der Waals surface area contributed by atoms with Crippen molar-refractivity contribution in [3.05, 3.63) is 124 Å². The molecule has 0 radical (unpaired) electrons. The van der Waals surface area contributed by atoms with E-state index in [0.29, 0.717) is 33.9 Å². The topological polar surface area (TPSA) is 63.7 Å². The molecule has 0 saturated carbocycles. The fraction of sp³-hybridized carbons (Fsp3) is 0.182. The number of carbonyl (C=O) groups is 3. The van der Waals surface area contributed by atoms with Gasteiger partial charge in [0.2, 0.25) is 0 Å². The molecular weight excluding hydrogens is 506 g/mol. The van der Waals surface area contributed by atoms with Gasteiger partial charge in [0.1, 0.15) is 17.2 Å². The fourth-order valence-corrected chi connectivity index (χ4v) is 7.55. The monoisotopic (exact) mass is 531 g/mol. The van der Waals surface area contributed by atoms with Gasteiger partial charge in [0.15, 0.2) is 17.3 Å². The normalized spacial score (nSPS) is 22.1. The van der Waals surface area contributed by atoms with Crippen molar-refractivity contribution < 1.29 is 19.1 Å². The molecule has 4 aromatic rings. The zero-order valence-corrected chi connectivity index (χ0v) is 22.1. The van der Waals surface area contributed by atoms with Crippen molar-refractivity contribution in [3.63, 3.8) is 0 Å². The SMILES string of the molecule is CCOc1ccccc1[C@@H]1[C@@H](C(=O)c2cccs2)N2c3ccccc3C=C[C@@H]2C12C(=O)c1ccccc1C2=O. The Hall–Kier alpha value is -4.29. The minimum Gasteiger partial charge on any atom is -0.494 e. The average molecular weight is 532 g/mol. The third-order valence-corrected chi connectivity index (χ3v) is 9.18. The number of carbonyl (C=O) groups excluding carboxylic acids is 3. The van der Waals surface area contributed by atoms with Crippen LogP contribution in [0.5, 0.6) is 5.75 Å². The van der Waals surface area contributed by atoms with Crippen LogP contribution in [-0.4, -0.2) is 36.0 Å². The van der Waals surface area contributed by atoms with E-state index in [9.17, 15) is 14.4 Å². The predicted molar refractivity (Wildman–Crippen MR) is 152 cm³/mol. The summed E-state index contributed by atoms with van der Waals surface area (Å²) in [4.78, 5) is 46.5. The first-order valence-electron chi connectivity index (χ1n) is 13.1. The minimum absolute atomic E-state index is 0.107. The lowest BCUT2D eigenvalue weighted by atomic mass is 9.64. The first-order valence-corrected chi connectivity index (χ1v) is 14.0. The van der Waals surface area contributed by atoms with E-state index in [1.165, 1.54) is 11.3 Å². The van der Waals surface area contributed by atoms with Crippen LogP contribution in [0.4, 0.5) is 5.69 Å². The summed E-state index contributed by atoms with van der Waals surface area (Å²) in [5, 5.41) is 1.88. The van der Waals surface area contributed by atoms with Crippen molar-refractivity contribution in [2.45, 2.75) is 24.9 Å². The summed E-state index contributed by atoms with van der Waals surface area (Å²) in [5.74, 6) is -0.769. The lowest BCUT2D eigenvalue weighted by Crippen LogP contribution is -2.48. The molecule has 3 heterocycles. The molecule has 1 saturated heterocycles. The second-order valence-electron chi connectivity index (χ2n) is 10.1. The van der Waals surface area contributed by atoms with Crippen molar-refractivity contribution in [2.75, 3.05) is 11.5 Å². The molecule has 192 valence electrons. The molecule has 1 spiro atoms. The van der Waals surface area contributed by atoms with Gasteiger partial charge in [-0.15, -0.1) is 11.3 Å². The molecule has 2 aliphatic heterocycles. The number of nitrogens with zero attached hydrogens (tertiary/aromatic N) is 1. The highest BCUT2D eigenvalue weighted by molar-refractivity contribution is 7.12. The summed E-state index contributed by atoms with van der Waals surface area (Å²) in [7, 11) is 0. The van der Waals surface area contributed by atoms with E-state index in [4.69, 9.17) is 4.74 Å². The van der Waals surface area contributed by atoms with E-state index in [1.807, 2.05) is 90.0 Å². The molecule has 1 fully saturated rings. The highest BCUT2D eigenvalue weighted by Gasteiger charge is 2.72. The smallest absolute Gasteiger partial charge is 0.195 e. The van der Waals surface area contributed by atoms with Gasteiger partial charge >= 0.3 is 0 Å². The van der Waals surface area contributed by atoms with E-state index in [-0.39, 0.29) is 17.3 Å². The highest BCUT2D eigenvalue weighted by Crippen LogP contribution is 2.62. The van der Waals surface area contributed by atoms with Crippen molar-refractivity contribution in [3.8, 4) is 5.75 Å². The maximum Gasteiger partial charge on any atom is 0.195 e. The third-order valence-electron chi connectivity index (χ3n) is 8.30. The van der Waals surface area contributed by atoms with Crippen LogP contribution in [0.25, 0.3) is 6.08 Å². The van der Waals surface area contributed by atoms with Crippen LogP contribution in [0.15, 0.2) is 96.4 Å². The summed E-state index contributed by atoms with van der Waals surface area (Å²) < 4.78 is 6.07. The van der Waals surface area contributed by atoms with Crippen LogP contribution < -0.4 is 9.64 Å². The second kappa shape index (κ2) is 8.89. The van der Waals surface area contributed by atoms with Crippen LogP contribution in [0.3, 0.4) is 0 Å². The Morgan fingerprint density at radius 1 is 0.897 bits per heavy atom. The zero-order valence-electron chi connectivity index (χ0n) is 21.2. The second-order valence-corrected chi connectivity index (χ2v) is 11.0. The van der Waals surface area contributed by atoms with Gasteiger partial charge in [-0.05, 0) is 36.1 Å². The minimum atomic E-state index is -1.53. The number of ether oxygens (including phenoxy) is 1. The molecule has 39 heavy (non-hydrogen) atoms. The number of anilines is 1. The quantitative estimate of drug-likeness (QED) is 0.218. The van der Waals surface area contributed by atoms with E-state index in [2.05, 4.69) is 0 Å². The molecule has 5 nitrogen and oxygen atoms in total. The number of thiophene rings is 1. The standard InChI is InChI=1S/C33H25NO4S/c1-2-38-25-15-8-6-13-23(25)28-29(30(35)26-16-9-19-39-26)34-24-14-7-3-10-20(24)17-18-27(34)33(28)31(36)21-11-4-5-12-22(21)32(33)37/h3-19,27-29H,2H2,1H3/t27-,28-,29+/m1/s1. The number of rotatable bonds is 5. The molecule has 0 N–H and O–H groups in total. The molecule has 3 aliphatic rings. The Bertz CT molecular complexity index is 1640. The summed E-state index contributed by atoms with van der Waals surface area (Å²) in [6, 6.07) is 24.7. The zero-order chi connectivity index (χ0) is 26.7. The number of Topliss-reactive ketones (excluding diaryl/α,β-unsaturated/α-hetero) is 3. The molecule has 0 bridgehead atoms. The Morgan fingerprint density at radius 2 is 1.59 bits per heavy atom. The molecule has 6 heteroatoms. The lowest BCUT2D eigenvalue weighted by molar-refractivity contribution is 0.0664. The van der Waals surface area contributed by atoms with Crippen molar-refractivity contribution in [1.82, 2.24) is 0 Å². The Kier molecular flexibility index (Phi) is 5.42. The first-order chi connectivity index (χ1) is 19.1. The van der Waals surface area contributed by atoms with Gasteiger partial charge in [-0.3, -0.25) is 14.4 Å². The summed E-state index contributed by atoms with van der Waals surface area (Å²) in [5.41, 5.74) is 1.78. The third kappa shape index (κ3) is 3.15. The van der Waals surface area contributed by atoms with Gasteiger partial charge in [0.05, 0.1) is 17.5 Å². The number of fused-ring (bicyclic) bond motifs is 5. The summed E-state index contributed by atoms with van der Waals surface area (Å²) in [6.45, 7) is 2.32. The number of hydrogen-bond donors (Lipinski definition) is 0. The number of hydrogen-bond acceptors (Lipinski definition) is 6. The van der Waals surface area contributed by atoms with Gasteiger partial charge < -0.3 is 9.64 Å². The largest absolute Gasteiger partial charge is 0.494 e. The highest BCUT2D eigenvalue weighted by atomic mass is 32.1. The molecule has 0 amide bonds. The van der Waals surface area contributed by atoms with Crippen LogP contribution in [0.1, 0.15) is 54.4 Å². The van der Waals surface area contributed by atoms with Crippen molar-refractivity contribution in [1.29, 1.82) is 0 Å². The van der Waals surface area contributed by atoms with E-state index in [0.717, 1.165) is 11.3 Å². The van der Waals surface area contributed by atoms with E-state index in [1.54, 1.807) is 24.3 Å². The molecule has 1 aromatic heterocycles. The van der Waals surface area contributed by atoms with Crippen LogP contribution in [0.2, 0.25) is 0 Å². The van der Waals surface area contributed by atoms with E-state index < -0.39 is 23.4 Å². The number of ketones is 3. The Balaban J connectivity index is 1.57. The first kappa shape index (κ1) is 23.8. The average Bonchev–Trinajstić information content (AvgIpc) is 3.67. The predicted octanol–water partition coefficient (Wildman–Crippen LogP) is 6.46. The van der Waals surface area contributed by atoms with Gasteiger partial charge in [0, 0.05) is 28.3 Å². The van der Waals surface area contributed by atoms with Gasteiger partial charge in [-0.25, -0.2) is 0 Å². The Labute approximate surface area is 230 Å². The maximum atomic E-state index is 14.7.